The van der Waals surface area contributed by atoms with Crippen molar-refractivity contribution in [3.05, 3.63) is 16.1 Å². The average molecular weight is 253 g/mol. The topological polar surface area (TPSA) is 28.2 Å². The van der Waals surface area contributed by atoms with Crippen molar-refractivity contribution in [1.29, 1.82) is 0 Å². The summed E-state index contributed by atoms with van der Waals surface area (Å²) in [5.41, 5.74) is 1.42. The molecule has 1 N–H and O–H groups in total. The maximum atomic E-state index is 4.76. The van der Waals surface area contributed by atoms with E-state index in [1.165, 1.54) is 10.7 Å². The first-order valence-corrected chi connectivity index (χ1v) is 7.20. The monoisotopic (exact) mass is 253 g/mol. The summed E-state index contributed by atoms with van der Waals surface area (Å²) >= 11 is 1.79. The lowest BCUT2D eigenvalue weighted by molar-refractivity contribution is 0.237. The zero-order valence-corrected chi connectivity index (χ0v) is 12.1. The summed E-state index contributed by atoms with van der Waals surface area (Å²) in [7, 11) is 2.19. The smallest absolute Gasteiger partial charge is 0.0981 e. The fourth-order valence-corrected chi connectivity index (χ4v) is 3.05. The Labute approximate surface area is 108 Å². The van der Waals surface area contributed by atoms with E-state index < -0.39 is 0 Å². The van der Waals surface area contributed by atoms with Crippen molar-refractivity contribution in [2.45, 2.75) is 38.6 Å². The van der Waals surface area contributed by atoms with Crippen LogP contribution in [0.1, 0.15) is 31.5 Å². The molecule has 1 aliphatic heterocycles. The summed E-state index contributed by atoms with van der Waals surface area (Å²) in [5.74, 6) is 0. The zero-order valence-electron chi connectivity index (χ0n) is 11.3. The molecule has 1 aromatic heterocycles. The van der Waals surface area contributed by atoms with Crippen molar-refractivity contribution >= 4 is 11.3 Å². The van der Waals surface area contributed by atoms with Crippen LogP contribution in [0, 0.1) is 0 Å². The molecule has 1 unspecified atom stereocenters. The van der Waals surface area contributed by atoms with Crippen molar-refractivity contribution in [3.63, 3.8) is 0 Å². The second-order valence-electron chi connectivity index (χ2n) is 6.01. The van der Waals surface area contributed by atoms with Gasteiger partial charge in [-0.2, -0.15) is 0 Å². The SMILES string of the molecule is CN1CCNC(Cc2csc(C(C)(C)C)n2)C1. The highest BCUT2D eigenvalue weighted by Crippen LogP contribution is 2.26. The van der Waals surface area contributed by atoms with E-state index in [2.05, 4.69) is 43.4 Å². The lowest BCUT2D eigenvalue weighted by Crippen LogP contribution is -2.49. The van der Waals surface area contributed by atoms with Crippen LogP contribution in [-0.2, 0) is 11.8 Å². The minimum absolute atomic E-state index is 0.180. The van der Waals surface area contributed by atoms with Gasteiger partial charge < -0.3 is 10.2 Å². The highest BCUT2D eigenvalue weighted by Gasteiger charge is 2.21. The quantitative estimate of drug-likeness (QED) is 0.872. The molecule has 1 aliphatic rings. The maximum absolute atomic E-state index is 4.76. The zero-order chi connectivity index (χ0) is 12.5. The lowest BCUT2D eigenvalue weighted by atomic mass is 9.98. The molecule has 0 aliphatic carbocycles. The average Bonchev–Trinajstić information content (AvgIpc) is 2.65. The van der Waals surface area contributed by atoms with E-state index in [-0.39, 0.29) is 5.41 Å². The summed E-state index contributed by atoms with van der Waals surface area (Å²) in [5, 5.41) is 7.03. The molecule has 1 atom stereocenters. The van der Waals surface area contributed by atoms with E-state index in [1.54, 1.807) is 11.3 Å². The summed E-state index contributed by atoms with van der Waals surface area (Å²) in [6.07, 6.45) is 1.05. The number of aromatic nitrogens is 1. The van der Waals surface area contributed by atoms with Crippen LogP contribution in [0.25, 0.3) is 0 Å². The Morgan fingerprint density at radius 3 is 2.88 bits per heavy atom. The molecular formula is C13H23N3S. The van der Waals surface area contributed by atoms with Gasteiger partial charge in [0.25, 0.3) is 0 Å². The van der Waals surface area contributed by atoms with Crippen molar-refractivity contribution in [1.82, 2.24) is 15.2 Å². The standard InChI is InChI=1S/C13H23N3S/c1-13(2,3)12-15-11(9-17-12)7-10-8-16(4)6-5-14-10/h9-10,14H,5-8H2,1-4H3. The van der Waals surface area contributed by atoms with Gasteiger partial charge in [0.15, 0.2) is 0 Å². The predicted molar refractivity (Wildman–Crippen MR) is 73.8 cm³/mol. The van der Waals surface area contributed by atoms with Gasteiger partial charge in [-0.05, 0) is 7.05 Å². The number of nitrogens with zero attached hydrogens (tertiary/aromatic N) is 2. The first-order chi connectivity index (χ1) is 7.95. The molecule has 0 radical (unpaired) electrons. The summed E-state index contributed by atoms with van der Waals surface area (Å²) < 4.78 is 0. The van der Waals surface area contributed by atoms with Crippen molar-refractivity contribution in [2.24, 2.45) is 0 Å². The Bertz CT molecular complexity index is 367. The third kappa shape index (κ3) is 3.50. The molecule has 0 spiro atoms. The van der Waals surface area contributed by atoms with Crippen LogP contribution in [0.15, 0.2) is 5.38 Å². The normalized spacial score (nSPS) is 22.9. The Morgan fingerprint density at radius 1 is 1.53 bits per heavy atom. The Hall–Kier alpha value is -0.450. The highest BCUT2D eigenvalue weighted by atomic mass is 32.1. The molecule has 96 valence electrons. The van der Waals surface area contributed by atoms with E-state index in [0.717, 1.165) is 26.1 Å². The molecule has 2 heterocycles. The number of rotatable bonds is 2. The van der Waals surface area contributed by atoms with E-state index in [4.69, 9.17) is 4.98 Å². The molecule has 1 saturated heterocycles. The molecule has 0 bridgehead atoms. The van der Waals surface area contributed by atoms with Crippen LogP contribution in [-0.4, -0.2) is 42.6 Å². The van der Waals surface area contributed by atoms with Gasteiger partial charge in [-0.3, -0.25) is 0 Å². The van der Waals surface area contributed by atoms with Gasteiger partial charge in [0.05, 0.1) is 10.7 Å². The number of hydrogen-bond acceptors (Lipinski definition) is 4. The van der Waals surface area contributed by atoms with Gasteiger partial charge in [-0.25, -0.2) is 4.98 Å². The van der Waals surface area contributed by atoms with Gasteiger partial charge in [-0.1, -0.05) is 20.8 Å². The van der Waals surface area contributed by atoms with Crippen LogP contribution in [0.4, 0.5) is 0 Å². The summed E-state index contributed by atoms with van der Waals surface area (Å²) in [4.78, 5) is 7.15. The maximum Gasteiger partial charge on any atom is 0.0981 e. The molecule has 1 fully saturated rings. The van der Waals surface area contributed by atoms with E-state index >= 15 is 0 Å². The van der Waals surface area contributed by atoms with Crippen LogP contribution in [0.3, 0.4) is 0 Å². The molecule has 2 rings (SSSR count). The number of hydrogen-bond donors (Lipinski definition) is 1. The first kappa shape index (κ1) is 13.0. The molecule has 17 heavy (non-hydrogen) atoms. The van der Waals surface area contributed by atoms with Crippen molar-refractivity contribution in [3.8, 4) is 0 Å². The third-order valence-corrected chi connectivity index (χ3v) is 4.42. The largest absolute Gasteiger partial charge is 0.311 e. The molecule has 1 aromatic rings. The van der Waals surface area contributed by atoms with E-state index in [1.807, 2.05) is 0 Å². The minimum atomic E-state index is 0.180. The third-order valence-electron chi connectivity index (χ3n) is 3.11. The minimum Gasteiger partial charge on any atom is -0.311 e. The number of likely N-dealkylation sites (N-methyl/N-ethyl adjacent to an activating group) is 1. The van der Waals surface area contributed by atoms with E-state index in [0.29, 0.717) is 6.04 Å². The summed E-state index contributed by atoms with van der Waals surface area (Å²) in [6.45, 7) is 10.0. The molecule has 4 heteroatoms. The van der Waals surface area contributed by atoms with Gasteiger partial charge in [0.1, 0.15) is 0 Å². The Morgan fingerprint density at radius 2 is 2.29 bits per heavy atom. The van der Waals surface area contributed by atoms with Crippen LogP contribution in [0.2, 0.25) is 0 Å². The first-order valence-electron chi connectivity index (χ1n) is 6.32. The number of nitrogens with one attached hydrogen (secondary N) is 1. The van der Waals surface area contributed by atoms with Gasteiger partial charge in [-0.15, -0.1) is 11.3 Å². The van der Waals surface area contributed by atoms with Crippen LogP contribution < -0.4 is 5.32 Å². The molecule has 0 saturated carbocycles. The van der Waals surface area contributed by atoms with Crippen molar-refractivity contribution < 1.29 is 0 Å². The summed E-state index contributed by atoms with van der Waals surface area (Å²) in [6, 6.07) is 0.559. The fourth-order valence-electron chi connectivity index (χ4n) is 2.13. The molecule has 0 amide bonds. The molecule has 0 aromatic carbocycles. The van der Waals surface area contributed by atoms with Crippen molar-refractivity contribution in [2.75, 3.05) is 26.7 Å². The van der Waals surface area contributed by atoms with Gasteiger partial charge in [0.2, 0.25) is 0 Å². The number of piperazine rings is 1. The molecule has 3 nitrogen and oxygen atoms in total. The van der Waals surface area contributed by atoms with Gasteiger partial charge in [0, 0.05) is 42.9 Å². The van der Waals surface area contributed by atoms with E-state index in [9.17, 15) is 0 Å². The highest BCUT2D eigenvalue weighted by molar-refractivity contribution is 7.09. The van der Waals surface area contributed by atoms with Gasteiger partial charge >= 0.3 is 0 Å². The second-order valence-corrected chi connectivity index (χ2v) is 6.87. The van der Waals surface area contributed by atoms with Crippen LogP contribution in [0.5, 0.6) is 0 Å². The fraction of sp³-hybridized carbons (Fsp3) is 0.769. The van der Waals surface area contributed by atoms with Crippen LogP contribution >= 0.6 is 11.3 Å². The second kappa shape index (κ2) is 5.04. The number of thiazole rings is 1. The predicted octanol–water partition coefficient (Wildman–Crippen LogP) is 1.89. The Kier molecular flexibility index (Phi) is 3.85. The Balaban J connectivity index is 1.97. The molecular weight excluding hydrogens is 230 g/mol. The lowest BCUT2D eigenvalue weighted by Gasteiger charge is -2.30.